The Morgan fingerprint density at radius 3 is 2.21 bits per heavy atom. The predicted octanol–water partition coefficient (Wildman–Crippen LogP) is 0.0852. The fourth-order valence-electron chi connectivity index (χ4n) is 1.63. The van der Waals surface area contributed by atoms with Crippen LogP contribution in [0.1, 0.15) is 40.5 Å². The third kappa shape index (κ3) is 10.4. The second-order valence-electron chi connectivity index (χ2n) is 5.98. The van der Waals surface area contributed by atoms with E-state index in [1.165, 1.54) is 7.11 Å². The highest BCUT2D eigenvalue weighted by atomic mass is 16.6. The van der Waals surface area contributed by atoms with E-state index in [4.69, 9.17) is 4.74 Å². The zero-order valence-electron chi connectivity index (χ0n) is 14.9. The monoisotopic (exact) mass is 345 g/mol. The molecule has 24 heavy (non-hydrogen) atoms. The van der Waals surface area contributed by atoms with Gasteiger partial charge in [0, 0.05) is 13.0 Å². The SMILES string of the molecule is CCNC(=O)CC[C@H](NC(=O)OC(C)(C)C)C(=O)NCC(=O)OC. The summed E-state index contributed by atoms with van der Waals surface area (Å²) in [4.78, 5) is 46.6. The highest BCUT2D eigenvalue weighted by molar-refractivity contribution is 5.88. The van der Waals surface area contributed by atoms with E-state index in [1.807, 2.05) is 0 Å². The zero-order chi connectivity index (χ0) is 18.8. The van der Waals surface area contributed by atoms with Crippen molar-refractivity contribution in [2.75, 3.05) is 20.2 Å². The van der Waals surface area contributed by atoms with Crippen molar-refractivity contribution < 1.29 is 28.7 Å². The molecule has 0 unspecified atom stereocenters. The van der Waals surface area contributed by atoms with Crippen LogP contribution in [0.2, 0.25) is 0 Å². The Hall–Kier alpha value is -2.32. The molecule has 138 valence electrons. The van der Waals surface area contributed by atoms with Crippen molar-refractivity contribution in [3.8, 4) is 0 Å². The number of amides is 3. The molecule has 3 N–H and O–H groups in total. The number of nitrogens with one attached hydrogen (secondary N) is 3. The molecule has 0 aliphatic carbocycles. The predicted molar refractivity (Wildman–Crippen MR) is 86.1 cm³/mol. The summed E-state index contributed by atoms with van der Waals surface area (Å²) in [5, 5.41) is 7.35. The van der Waals surface area contributed by atoms with E-state index < -0.39 is 29.6 Å². The molecule has 0 aliphatic heterocycles. The second kappa shape index (κ2) is 10.5. The summed E-state index contributed by atoms with van der Waals surface area (Å²) in [6.07, 6.45) is -0.672. The third-order valence-corrected chi connectivity index (χ3v) is 2.68. The molecule has 9 nitrogen and oxygen atoms in total. The summed E-state index contributed by atoms with van der Waals surface area (Å²) >= 11 is 0. The van der Waals surface area contributed by atoms with Crippen LogP contribution in [0.15, 0.2) is 0 Å². The summed E-state index contributed by atoms with van der Waals surface area (Å²) < 4.78 is 9.52. The standard InChI is InChI=1S/C15H27N3O6/c1-6-16-11(19)8-7-10(13(21)17-9-12(20)23-5)18-14(22)24-15(2,3)4/h10H,6-9H2,1-5H3,(H,16,19)(H,17,21)(H,18,22)/t10-/m0/s1. The Morgan fingerprint density at radius 2 is 1.71 bits per heavy atom. The number of carbonyl (C=O) groups is 4. The molecule has 3 amide bonds. The Labute approximate surface area is 141 Å². The number of rotatable bonds is 8. The van der Waals surface area contributed by atoms with Gasteiger partial charge >= 0.3 is 12.1 Å². The average Bonchev–Trinajstić information content (AvgIpc) is 2.46. The quantitative estimate of drug-likeness (QED) is 0.536. The average molecular weight is 345 g/mol. The normalized spacial score (nSPS) is 11.9. The van der Waals surface area contributed by atoms with Gasteiger partial charge in [0.25, 0.3) is 0 Å². The van der Waals surface area contributed by atoms with E-state index in [1.54, 1.807) is 27.7 Å². The fourth-order valence-corrected chi connectivity index (χ4v) is 1.63. The first kappa shape index (κ1) is 21.7. The third-order valence-electron chi connectivity index (χ3n) is 2.68. The number of carbonyl (C=O) groups excluding carboxylic acids is 4. The van der Waals surface area contributed by atoms with Gasteiger partial charge in [-0.25, -0.2) is 4.79 Å². The van der Waals surface area contributed by atoms with Gasteiger partial charge in [0.05, 0.1) is 7.11 Å². The van der Waals surface area contributed by atoms with Gasteiger partial charge in [0.1, 0.15) is 18.2 Å². The first-order valence-electron chi connectivity index (χ1n) is 7.69. The van der Waals surface area contributed by atoms with Crippen molar-refractivity contribution >= 4 is 23.9 Å². The van der Waals surface area contributed by atoms with E-state index in [0.717, 1.165) is 0 Å². The van der Waals surface area contributed by atoms with E-state index in [0.29, 0.717) is 6.54 Å². The largest absolute Gasteiger partial charge is 0.468 e. The summed E-state index contributed by atoms with van der Waals surface area (Å²) in [6, 6.07) is -1.01. The first-order valence-corrected chi connectivity index (χ1v) is 7.69. The highest BCUT2D eigenvalue weighted by Crippen LogP contribution is 2.08. The van der Waals surface area contributed by atoms with Gasteiger partial charge in [-0.15, -0.1) is 0 Å². The number of ether oxygens (including phenoxy) is 2. The van der Waals surface area contributed by atoms with Crippen LogP contribution < -0.4 is 16.0 Å². The molecule has 0 saturated heterocycles. The summed E-state index contributed by atoms with van der Waals surface area (Å²) in [6.45, 7) is 6.98. The van der Waals surface area contributed by atoms with E-state index in [2.05, 4.69) is 20.7 Å². The van der Waals surface area contributed by atoms with Gasteiger partial charge < -0.3 is 25.4 Å². The van der Waals surface area contributed by atoms with E-state index in [9.17, 15) is 19.2 Å². The molecule has 0 aromatic carbocycles. The van der Waals surface area contributed by atoms with Gasteiger partial charge in [-0.1, -0.05) is 0 Å². The second-order valence-corrected chi connectivity index (χ2v) is 5.98. The lowest BCUT2D eigenvalue weighted by Crippen LogP contribution is -2.49. The van der Waals surface area contributed by atoms with E-state index in [-0.39, 0.29) is 25.3 Å². The number of esters is 1. The molecule has 0 saturated carbocycles. The molecule has 1 atom stereocenters. The highest BCUT2D eigenvalue weighted by Gasteiger charge is 2.25. The van der Waals surface area contributed by atoms with Crippen molar-refractivity contribution in [1.29, 1.82) is 0 Å². The molecule has 0 aromatic heterocycles. The lowest BCUT2D eigenvalue weighted by Gasteiger charge is -2.23. The van der Waals surface area contributed by atoms with Crippen LogP contribution in [-0.2, 0) is 23.9 Å². The number of methoxy groups -OCH3 is 1. The Bertz CT molecular complexity index is 459. The molecule has 9 heteroatoms. The summed E-state index contributed by atoms with van der Waals surface area (Å²) in [7, 11) is 1.19. The Kier molecular flexibility index (Phi) is 9.44. The zero-order valence-corrected chi connectivity index (χ0v) is 14.9. The Morgan fingerprint density at radius 1 is 1.08 bits per heavy atom. The minimum atomic E-state index is -1.01. The lowest BCUT2D eigenvalue weighted by molar-refractivity contribution is -0.141. The van der Waals surface area contributed by atoms with Crippen LogP contribution in [-0.4, -0.2) is 55.7 Å². The van der Waals surface area contributed by atoms with Gasteiger partial charge in [0.15, 0.2) is 0 Å². The number of alkyl carbamates (subject to hydrolysis) is 1. The molecule has 0 radical (unpaired) electrons. The van der Waals surface area contributed by atoms with Crippen molar-refractivity contribution in [2.24, 2.45) is 0 Å². The lowest BCUT2D eigenvalue weighted by atomic mass is 10.1. The maximum atomic E-state index is 12.1. The van der Waals surface area contributed by atoms with Crippen LogP contribution in [0, 0.1) is 0 Å². The van der Waals surface area contributed by atoms with Gasteiger partial charge in [-0.05, 0) is 34.1 Å². The maximum absolute atomic E-state index is 12.1. The van der Waals surface area contributed by atoms with Crippen LogP contribution >= 0.6 is 0 Å². The Balaban J connectivity index is 4.74. The number of hydrogen-bond donors (Lipinski definition) is 3. The van der Waals surface area contributed by atoms with Gasteiger partial charge in [0.2, 0.25) is 11.8 Å². The first-order chi connectivity index (χ1) is 11.1. The molecule has 0 aliphatic rings. The smallest absolute Gasteiger partial charge is 0.408 e. The molecule has 0 heterocycles. The number of hydrogen-bond acceptors (Lipinski definition) is 6. The van der Waals surface area contributed by atoms with E-state index >= 15 is 0 Å². The van der Waals surface area contributed by atoms with Crippen LogP contribution in [0.5, 0.6) is 0 Å². The van der Waals surface area contributed by atoms with Crippen LogP contribution in [0.3, 0.4) is 0 Å². The summed E-state index contributed by atoms with van der Waals surface area (Å²) in [5.41, 5.74) is -0.725. The fraction of sp³-hybridized carbons (Fsp3) is 0.733. The minimum absolute atomic E-state index is 0.0416. The molecule has 0 aromatic rings. The topological polar surface area (TPSA) is 123 Å². The van der Waals surface area contributed by atoms with Gasteiger partial charge in [-0.3, -0.25) is 14.4 Å². The molecule has 0 spiro atoms. The molecular formula is C15H27N3O6. The van der Waals surface area contributed by atoms with Gasteiger partial charge in [-0.2, -0.15) is 0 Å². The molecule has 0 bridgehead atoms. The summed E-state index contributed by atoms with van der Waals surface area (Å²) in [5.74, 6) is -1.46. The van der Waals surface area contributed by atoms with Crippen molar-refractivity contribution in [3.05, 3.63) is 0 Å². The van der Waals surface area contributed by atoms with Crippen molar-refractivity contribution in [3.63, 3.8) is 0 Å². The van der Waals surface area contributed by atoms with Crippen molar-refractivity contribution in [1.82, 2.24) is 16.0 Å². The minimum Gasteiger partial charge on any atom is -0.468 e. The molecule has 0 rings (SSSR count). The molecule has 0 fully saturated rings. The molecular weight excluding hydrogens is 318 g/mol. The van der Waals surface area contributed by atoms with Crippen LogP contribution in [0.4, 0.5) is 4.79 Å². The van der Waals surface area contributed by atoms with Crippen molar-refractivity contribution in [2.45, 2.75) is 52.2 Å². The van der Waals surface area contributed by atoms with Crippen LogP contribution in [0.25, 0.3) is 0 Å². The maximum Gasteiger partial charge on any atom is 0.408 e.